The summed E-state index contributed by atoms with van der Waals surface area (Å²) in [6.07, 6.45) is 4.48. The first-order valence-corrected chi connectivity index (χ1v) is 8.19. The lowest BCUT2D eigenvalue weighted by Crippen LogP contribution is -2.53. The van der Waals surface area contributed by atoms with Gasteiger partial charge in [0.05, 0.1) is 6.61 Å². The Bertz CT molecular complexity index is 656. The van der Waals surface area contributed by atoms with Crippen molar-refractivity contribution in [1.29, 1.82) is 0 Å². The molecule has 0 radical (unpaired) electrons. The Labute approximate surface area is 136 Å². The van der Waals surface area contributed by atoms with Crippen molar-refractivity contribution in [2.75, 3.05) is 6.61 Å². The highest BCUT2D eigenvalue weighted by atomic mass is 16.3. The lowest BCUT2D eigenvalue weighted by molar-refractivity contribution is -0.134. The Morgan fingerprint density at radius 2 is 2.09 bits per heavy atom. The number of rotatable bonds is 2. The van der Waals surface area contributed by atoms with Gasteiger partial charge in [0, 0.05) is 17.8 Å². The molecule has 0 aromatic heterocycles. The highest BCUT2D eigenvalue weighted by molar-refractivity contribution is 6.02. The fourth-order valence-corrected chi connectivity index (χ4v) is 4.61. The summed E-state index contributed by atoms with van der Waals surface area (Å²) in [5, 5.41) is 20.2. The molecular weight excluding hydrogens is 292 g/mol. The molecule has 3 rings (SSSR count). The Morgan fingerprint density at radius 1 is 1.39 bits per heavy atom. The summed E-state index contributed by atoms with van der Waals surface area (Å²) in [6, 6.07) is 0. The SMILES string of the molecule is C=C[C@]1(C)CCC2=C(C1)C(=O)C[C@H]1C(CO)=CC(=O)[C@@H](O)[C@]21C. The van der Waals surface area contributed by atoms with Crippen LogP contribution in [0.5, 0.6) is 0 Å². The predicted octanol–water partition coefficient (Wildman–Crippen LogP) is 2.12. The van der Waals surface area contributed by atoms with E-state index in [-0.39, 0.29) is 35.9 Å². The first-order chi connectivity index (χ1) is 10.8. The second-order valence-corrected chi connectivity index (χ2v) is 7.64. The fourth-order valence-electron chi connectivity index (χ4n) is 4.61. The summed E-state index contributed by atoms with van der Waals surface area (Å²) in [4.78, 5) is 24.9. The molecule has 3 aliphatic carbocycles. The van der Waals surface area contributed by atoms with Crippen molar-refractivity contribution in [3.8, 4) is 0 Å². The molecule has 4 nitrogen and oxygen atoms in total. The average Bonchev–Trinajstić information content (AvgIpc) is 2.54. The number of hydrogen-bond acceptors (Lipinski definition) is 4. The van der Waals surface area contributed by atoms with E-state index in [1.165, 1.54) is 6.08 Å². The number of hydrogen-bond donors (Lipinski definition) is 2. The van der Waals surface area contributed by atoms with E-state index in [0.29, 0.717) is 18.4 Å². The number of carbonyl (C=O) groups is 2. The smallest absolute Gasteiger partial charge is 0.185 e. The minimum Gasteiger partial charge on any atom is -0.392 e. The first-order valence-electron chi connectivity index (χ1n) is 8.19. The number of aliphatic hydroxyl groups is 2. The van der Waals surface area contributed by atoms with E-state index < -0.39 is 11.5 Å². The standard InChI is InChI=1S/C19H24O4/c1-4-18(2)6-5-13-12(9-18)15(21)8-14-11(10-20)7-16(22)17(23)19(13,14)3/h4,7,14,17,20,23H,1,5-6,8-10H2,2-3H3/t14-,17+,18+,19+/m0/s1. The van der Waals surface area contributed by atoms with Gasteiger partial charge in [-0.25, -0.2) is 0 Å². The fraction of sp³-hybridized carbons (Fsp3) is 0.579. The second-order valence-electron chi connectivity index (χ2n) is 7.64. The molecule has 0 aromatic rings. The molecule has 0 amide bonds. The molecule has 0 fully saturated rings. The molecule has 0 unspecified atom stereocenters. The van der Waals surface area contributed by atoms with Crippen molar-refractivity contribution in [2.45, 2.75) is 45.6 Å². The summed E-state index contributed by atoms with van der Waals surface area (Å²) in [7, 11) is 0. The summed E-state index contributed by atoms with van der Waals surface area (Å²) >= 11 is 0. The number of fused-ring (bicyclic) bond motifs is 2. The van der Waals surface area contributed by atoms with Crippen LogP contribution >= 0.6 is 0 Å². The van der Waals surface area contributed by atoms with Crippen LogP contribution in [0.25, 0.3) is 0 Å². The third-order valence-corrected chi connectivity index (χ3v) is 6.28. The van der Waals surface area contributed by atoms with Gasteiger partial charge in [-0.2, -0.15) is 0 Å². The lowest BCUT2D eigenvalue weighted by Gasteiger charge is -2.52. The number of allylic oxidation sites excluding steroid dienone is 2. The number of ketones is 2. The molecule has 0 heterocycles. The largest absolute Gasteiger partial charge is 0.392 e. The van der Waals surface area contributed by atoms with E-state index in [4.69, 9.17) is 0 Å². The van der Waals surface area contributed by atoms with Crippen molar-refractivity contribution < 1.29 is 19.8 Å². The Hall–Kier alpha value is -1.52. The van der Waals surface area contributed by atoms with Gasteiger partial charge >= 0.3 is 0 Å². The van der Waals surface area contributed by atoms with Gasteiger partial charge in [-0.15, -0.1) is 6.58 Å². The van der Waals surface area contributed by atoms with Crippen LogP contribution in [0.3, 0.4) is 0 Å². The van der Waals surface area contributed by atoms with Crippen LogP contribution in [-0.2, 0) is 9.59 Å². The van der Waals surface area contributed by atoms with Gasteiger partial charge in [-0.1, -0.05) is 25.5 Å². The second kappa shape index (κ2) is 5.25. The number of Topliss-reactive ketones (excluding diaryl/α,β-unsaturated/α-hetero) is 1. The van der Waals surface area contributed by atoms with Gasteiger partial charge in [-0.05, 0) is 41.9 Å². The zero-order chi connectivity index (χ0) is 17.0. The predicted molar refractivity (Wildman–Crippen MR) is 86.6 cm³/mol. The average molecular weight is 316 g/mol. The highest BCUT2D eigenvalue weighted by Gasteiger charge is 2.55. The maximum Gasteiger partial charge on any atom is 0.185 e. The number of aliphatic hydroxyl groups excluding tert-OH is 2. The first kappa shape index (κ1) is 16.3. The van der Waals surface area contributed by atoms with E-state index in [1.54, 1.807) is 0 Å². The molecule has 0 saturated carbocycles. The van der Waals surface area contributed by atoms with Crippen LogP contribution < -0.4 is 0 Å². The zero-order valence-electron chi connectivity index (χ0n) is 13.8. The van der Waals surface area contributed by atoms with Gasteiger partial charge in [0.2, 0.25) is 0 Å². The van der Waals surface area contributed by atoms with E-state index in [9.17, 15) is 19.8 Å². The summed E-state index contributed by atoms with van der Waals surface area (Å²) in [5.41, 5.74) is 1.35. The van der Waals surface area contributed by atoms with Crippen molar-refractivity contribution in [3.63, 3.8) is 0 Å². The van der Waals surface area contributed by atoms with Crippen LogP contribution in [0, 0.1) is 16.7 Å². The van der Waals surface area contributed by atoms with Gasteiger partial charge in [0.1, 0.15) is 6.10 Å². The summed E-state index contributed by atoms with van der Waals surface area (Å²) < 4.78 is 0. The topological polar surface area (TPSA) is 74.6 Å². The van der Waals surface area contributed by atoms with Gasteiger partial charge in [-0.3, -0.25) is 9.59 Å². The summed E-state index contributed by atoms with van der Waals surface area (Å²) in [6.45, 7) is 7.61. The monoisotopic (exact) mass is 316 g/mol. The van der Waals surface area contributed by atoms with E-state index >= 15 is 0 Å². The van der Waals surface area contributed by atoms with E-state index in [2.05, 4.69) is 13.5 Å². The summed E-state index contributed by atoms with van der Waals surface area (Å²) in [5.74, 6) is -0.582. The molecule has 0 saturated heterocycles. The molecule has 124 valence electrons. The van der Waals surface area contributed by atoms with E-state index in [0.717, 1.165) is 17.6 Å². The van der Waals surface area contributed by atoms with Gasteiger partial charge in [0.25, 0.3) is 0 Å². The minimum atomic E-state index is -1.14. The Kier molecular flexibility index (Phi) is 3.73. The van der Waals surface area contributed by atoms with Crippen molar-refractivity contribution in [1.82, 2.24) is 0 Å². The lowest BCUT2D eigenvalue weighted by atomic mass is 9.52. The molecule has 3 aliphatic rings. The normalized spacial score (nSPS) is 40.4. The molecule has 0 aliphatic heterocycles. The van der Waals surface area contributed by atoms with Crippen LogP contribution in [0.2, 0.25) is 0 Å². The van der Waals surface area contributed by atoms with Crippen LogP contribution in [-0.4, -0.2) is 34.5 Å². The molecule has 2 N–H and O–H groups in total. The zero-order valence-corrected chi connectivity index (χ0v) is 13.8. The van der Waals surface area contributed by atoms with Crippen molar-refractivity contribution in [3.05, 3.63) is 35.5 Å². The number of carbonyl (C=O) groups excluding carboxylic acids is 2. The molecular formula is C19H24O4. The Morgan fingerprint density at radius 3 is 2.70 bits per heavy atom. The van der Waals surface area contributed by atoms with Crippen molar-refractivity contribution >= 4 is 11.6 Å². The quantitative estimate of drug-likeness (QED) is 0.765. The van der Waals surface area contributed by atoms with Crippen LogP contribution in [0.4, 0.5) is 0 Å². The van der Waals surface area contributed by atoms with Crippen LogP contribution in [0.15, 0.2) is 35.5 Å². The minimum absolute atomic E-state index is 0.0798. The third-order valence-electron chi connectivity index (χ3n) is 6.28. The van der Waals surface area contributed by atoms with Gasteiger partial charge in [0.15, 0.2) is 11.6 Å². The molecule has 0 spiro atoms. The molecule has 4 heteroatoms. The highest BCUT2D eigenvalue weighted by Crippen LogP contribution is 2.57. The molecule has 0 aromatic carbocycles. The maximum atomic E-state index is 12.7. The van der Waals surface area contributed by atoms with Crippen LogP contribution in [0.1, 0.15) is 39.5 Å². The molecule has 23 heavy (non-hydrogen) atoms. The molecule has 4 atom stereocenters. The Balaban J connectivity index is 2.16. The van der Waals surface area contributed by atoms with Gasteiger partial charge < -0.3 is 10.2 Å². The van der Waals surface area contributed by atoms with E-state index in [1.807, 2.05) is 13.0 Å². The molecule has 0 bridgehead atoms. The third kappa shape index (κ3) is 2.19. The maximum absolute atomic E-state index is 12.7. The van der Waals surface area contributed by atoms with Crippen molar-refractivity contribution in [2.24, 2.45) is 16.7 Å².